The number of aromatic nitrogens is 3. The van der Waals surface area contributed by atoms with E-state index in [1.54, 1.807) is 23.1 Å². The lowest BCUT2D eigenvalue weighted by molar-refractivity contribution is 0.145. The summed E-state index contributed by atoms with van der Waals surface area (Å²) >= 11 is 12.5. The zero-order chi connectivity index (χ0) is 19.7. The second-order valence-electron chi connectivity index (χ2n) is 6.34. The van der Waals surface area contributed by atoms with Gasteiger partial charge in [-0.3, -0.25) is 9.47 Å². The number of nitrogens with zero attached hydrogens (tertiary/aromatic N) is 5. The van der Waals surface area contributed by atoms with Crippen molar-refractivity contribution in [2.24, 2.45) is 0 Å². The van der Waals surface area contributed by atoms with E-state index in [1.807, 2.05) is 34.9 Å². The van der Waals surface area contributed by atoms with Gasteiger partial charge in [-0.2, -0.15) is 9.40 Å². The molecular weight excluding hydrogens is 438 g/mol. The van der Waals surface area contributed by atoms with Crippen LogP contribution in [0.4, 0.5) is 0 Å². The minimum Gasteiger partial charge on any atom is -0.282 e. The quantitative estimate of drug-likeness (QED) is 0.553. The molecule has 2 aromatic heterocycles. The molecule has 7 nitrogen and oxygen atoms in total. The van der Waals surface area contributed by atoms with E-state index in [4.69, 9.17) is 23.8 Å². The lowest BCUT2D eigenvalue weighted by Crippen LogP contribution is -2.48. The highest BCUT2D eigenvalue weighted by Gasteiger charge is 2.29. The number of halogens is 1. The van der Waals surface area contributed by atoms with Crippen molar-refractivity contribution in [3.05, 3.63) is 57.9 Å². The second kappa shape index (κ2) is 8.05. The Kier molecular flexibility index (Phi) is 5.68. The summed E-state index contributed by atoms with van der Waals surface area (Å²) in [4.78, 5) is 2.14. The number of sulfonamides is 1. The van der Waals surface area contributed by atoms with Crippen LogP contribution in [-0.2, 0) is 16.7 Å². The topological polar surface area (TPSA) is 63.4 Å². The Hall–Kier alpha value is -1.56. The van der Waals surface area contributed by atoms with Crippen LogP contribution in [0, 0.1) is 4.77 Å². The van der Waals surface area contributed by atoms with E-state index in [1.165, 1.54) is 4.31 Å². The third-order valence-electron chi connectivity index (χ3n) is 4.58. The van der Waals surface area contributed by atoms with Crippen molar-refractivity contribution in [3.8, 4) is 5.69 Å². The van der Waals surface area contributed by atoms with E-state index >= 15 is 0 Å². The molecule has 1 fully saturated rings. The van der Waals surface area contributed by atoms with Gasteiger partial charge in [0.2, 0.25) is 4.77 Å². The van der Waals surface area contributed by atoms with Gasteiger partial charge in [-0.15, -0.1) is 11.3 Å². The number of piperazine rings is 1. The minimum atomic E-state index is -3.48. The fourth-order valence-corrected chi connectivity index (χ4v) is 6.38. The standard InChI is InChI=1S/C17H18ClN5O2S3/c18-15-6-7-16(27-15)28(24,25)21-10-8-20(9-11-21)13-23-17(26)22(12-19-23)14-4-2-1-3-5-14/h1-7,12H,8-11,13H2. The number of benzene rings is 1. The largest absolute Gasteiger partial charge is 0.282 e. The van der Waals surface area contributed by atoms with Gasteiger partial charge in [0.15, 0.2) is 0 Å². The lowest BCUT2D eigenvalue weighted by atomic mass is 10.3. The van der Waals surface area contributed by atoms with Gasteiger partial charge < -0.3 is 0 Å². The highest BCUT2D eigenvalue weighted by molar-refractivity contribution is 7.91. The minimum absolute atomic E-state index is 0.287. The van der Waals surface area contributed by atoms with Crippen molar-refractivity contribution in [1.29, 1.82) is 0 Å². The van der Waals surface area contributed by atoms with Gasteiger partial charge >= 0.3 is 0 Å². The predicted molar refractivity (Wildman–Crippen MR) is 112 cm³/mol. The molecular formula is C17H18ClN5O2S3. The molecule has 0 saturated carbocycles. The molecule has 0 spiro atoms. The zero-order valence-electron chi connectivity index (χ0n) is 14.8. The van der Waals surface area contributed by atoms with E-state index in [0.717, 1.165) is 17.0 Å². The molecule has 1 aliphatic rings. The van der Waals surface area contributed by atoms with Crippen molar-refractivity contribution in [3.63, 3.8) is 0 Å². The molecule has 0 N–H and O–H groups in total. The molecule has 0 bridgehead atoms. The fraction of sp³-hybridized carbons (Fsp3) is 0.294. The van der Waals surface area contributed by atoms with E-state index < -0.39 is 10.0 Å². The van der Waals surface area contributed by atoms with Crippen molar-refractivity contribution >= 4 is 45.2 Å². The average molecular weight is 456 g/mol. The molecule has 0 radical (unpaired) electrons. The van der Waals surface area contributed by atoms with E-state index in [-0.39, 0.29) is 4.21 Å². The molecule has 11 heteroatoms. The van der Waals surface area contributed by atoms with Crippen LogP contribution in [0.15, 0.2) is 53.0 Å². The van der Waals surface area contributed by atoms with Crippen molar-refractivity contribution in [2.45, 2.75) is 10.9 Å². The summed E-state index contributed by atoms with van der Waals surface area (Å²) in [5, 5.41) is 4.39. The molecule has 0 amide bonds. The van der Waals surface area contributed by atoms with E-state index in [2.05, 4.69) is 10.00 Å². The Balaban J connectivity index is 1.42. The third-order valence-corrected chi connectivity index (χ3v) is 8.58. The number of thiophene rings is 1. The highest BCUT2D eigenvalue weighted by Crippen LogP contribution is 2.28. The SMILES string of the molecule is O=S(=O)(c1ccc(Cl)s1)N1CCN(Cn2ncn(-c3ccccc3)c2=S)CC1. The second-order valence-corrected chi connectivity index (χ2v) is 10.6. The lowest BCUT2D eigenvalue weighted by Gasteiger charge is -2.33. The first kappa shape index (κ1) is 19.7. The highest BCUT2D eigenvalue weighted by atomic mass is 35.5. The molecule has 1 saturated heterocycles. The van der Waals surface area contributed by atoms with Crippen LogP contribution >= 0.6 is 35.2 Å². The molecule has 3 aromatic rings. The van der Waals surface area contributed by atoms with Crippen molar-refractivity contribution in [2.75, 3.05) is 26.2 Å². The molecule has 1 aliphatic heterocycles. The molecule has 0 atom stereocenters. The summed E-state index contributed by atoms with van der Waals surface area (Å²) in [6, 6.07) is 13.0. The maximum atomic E-state index is 12.7. The first-order valence-electron chi connectivity index (χ1n) is 8.63. The summed E-state index contributed by atoms with van der Waals surface area (Å²) < 4.78 is 31.9. The summed E-state index contributed by atoms with van der Waals surface area (Å²) in [6.07, 6.45) is 1.71. The maximum Gasteiger partial charge on any atom is 0.252 e. The number of hydrogen-bond donors (Lipinski definition) is 0. The third kappa shape index (κ3) is 3.93. The summed E-state index contributed by atoms with van der Waals surface area (Å²) in [5.41, 5.74) is 0.962. The first-order chi connectivity index (χ1) is 13.4. The molecule has 4 rings (SSSR count). The number of hydrogen-bond acceptors (Lipinski definition) is 6. The van der Waals surface area contributed by atoms with Gasteiger partial charge in [-0.05, 0) is 36.5 Å². The van der Waals surface area contributed by atoms with Gasteiger partial charge in [0.1, 0.15) is 10.5 Å². The molecule has 0 aliphatic carbocycles. The van der Waals surface area contributed by atoms with Crippen LogP contribution in [0.1, 0.15) is 0 Å². The molecule has 1 aromatic carbocycles. The summed E-state index contributed by atoms with van der Waals surface area (Å²) in [5.74, 6) is 0. The van der Waals surface area contributed by atoms with Gasteiger partial charge in [0.25, 0.3) is 10.0 Å². The van der Waals surface area contributed by atoms with Gasteiger partial charge in [0, 0.05) is 31.9 Å². The molecule has 3 heterocycles. The zero-order valence-corrected chi connectivity index (χ0v) is 18.0. The van der Waals surface area contributed by atoms with Gasteiger partial charge in [-0.1, -0.05) is 29.8 Å². The van der Waals surface area contributed by atoms with Gasteiger partial charge in [0.05, 0.1) is 11.0 Å². The Labute approximate surface area is 177 Å². The Morgan fingerprint density at radius 2 is 1.79 bits per heavy atom. The van der Waals surface area contributed by atoms with Crippen molar-refractivity contribution in [1.82, 2.24) is 23.6 Å². The Morgan fingerprint density at radius 1 is 1.07 bits per heavy atom. The fourth-order valence-electron chi connectivity index (χ4n) is 3.06. The van der Waals surface area contributed by atoms with Crippen LogP contribution in [0.2, 0.25) is 4.34 Å². The average Bonchev–Trinajstić information content (AvgIpc) is 3.30. The number of rotatable bonds is 5. The smallest absolute Gasteiger partial charge is 0.252 e. The molecule has 0 unspecified atom stereocenters. The molecule has 28 heavy (non-hydrogen) atoms. The summed E-state index contributed by atoms with van der Waals surface area (Å²) in [6.45, 7) is 2.59. The van der Waals surface area contributed by atoms with Crippen LogP contribution < -0.4 is 0 Å². The monoisotopic (exact) mass is 455 g/mol. The van der Waals surface area contributed by atoms with Crippen LogP contribution in [0.25, 0.3) is 5.69 Å². The Bertz CT molecular complexity index is 1120. The van der Waals surface area contributed by atoms with E-state index in [9.17, 15) is 8.42 Å². The van der Waals surface area contributed by atoms with Crippen LogP contribution in [0.5, 0.6) is 0 Å². The van der Waals surface area contributed by atoms with Crippen LogP contribution in [-0.4, -0.2) is 58.1 Å². The number of para-hydroxylation sites is 1. The first-order valence-corrected chi connectivity index (χ1v) is 11.7. The predicted octanol–water partition coefficient (Wildman–Crippen LogP) is 3.08. The summed E-state index contributed by atoms with van der Waals surface area (Å²) in [7, 11) is -3.48. The normalized spacial score (nSPS) is 16.5. The Morgan fingerprint density at radius 3 is 2.43 bits per heavy atom. The van der Waals surface area contributed by atoms with Gasteiger partial charge in [-0.25, -0.2) is 13.1 Å². The van der Waals surface area contributed by atoms with Crippen molar-refractivity contribution < 1.29 is 8.42 Å². The molecule has 148 valence electrons. The van der Waals surface area contributed by atoms with Crippen LogP contribution in [0.3, 0.4) is 0 Å². The maximum absolute atomic E-state index is 12.7. The van der Waals surface area contributed by atoms with E-state index in [0.29, 0.717) is 42.0 Å².